The van der Waals surface area contributed by atoms with Gasteiger partial charge in [-0.1, -0.05) is 30.3 Å². The number of carbonyl (C=O) groups is 1. The summed E-state index contributed by atoms with van der Waals surface area (Å²) in [5.74, 6) is 0.596. The molecule has 2 aromatic carbocycles. The van der Waals surface area contributed by atoms with Gasteiger partial charge >= 0.3 is 0 Å². The lowest BCUT2D eigenvalue weighted by molar-refractivity contribution is -0.115. The average Bonchev–Trinajstić information content (AvgIpc) is 2.60. The number of thioether (sulfide) groups is 1. The van der Waals surface area contributed by atoms with E-state index in [0.29, 0.717) is 5.69 Å². The minimum Gasteiger partial charge on any atom is -0.325 e. The Morgan fingerprint density at radius 3 is 2.50 bits per heavy atom. The van der Waals surface area contributed by atoms with Gasteiger partial charge in [0.05, 0.1) is 10.1 Å². The second-order valence-corrected chi connectivity index (χ2v) is 9.67. The van der Waals surface area contributed by atoms with Crippen molar-refractivity contribution in [3.05, 3.63) is 59.7 Å². The van der Waals surface area contributed by atoms with Gasteiger partial charge in [-0.15, -0.1) is 11.8 Å². The van der Waals surface area contributed by atoms with Gasteiger partial charge in [0.2, 0.25) is 15.9 Å². The van der Waals surface area contributed by atoms with Crippen molar-refractivity contribution in [2.75, 3.05) is 19.4 Å². The first-order valence-corrected chi connectivity index (χ1v) is 10.7. The largest absolute Gasteiger partial charge is 0.325 e. The van der Waals surface area contributed by atoms with Gasteiger partial charge in [-0.3, -0.25) is 4.79 Å². The molecule has 0 unspecified atom stereocenters. The minimum atomic E-state index is -3.53. The molecule has 140 valence electrons. The fraction of sp³-hybridized carbons (Fsp3) is 0.316. The highest BCUT2D eigenvalue weighted by molar-refractivity contribution is 7.99. The van der Waals surface area contributed by atoms with E-state index < -0.39 is 10.0 Å². The zero-order chi connectivity index (χ0) is 19.3. The van der Waals surface area contributed by atoms with E-state index in [-0.39, 0.29) is 16.1 Å². The summed E-state index contributed by atoms with van der Waals surface area (Å²) in [5.41, 5.74) is 2.88. The Kier molecular flexibility index (Phi) is 6.86. The molecular weight excluding hydrogens is 368 g/mol. The molecule has 0 aliphatic rings. The second kappa shape index (κ2) is 8.70. The molecule has 0 aromatic heterocycles. The number of nitrogens with zero attached hydrogens (tertiary/aromatic N) is 1. The van der Waals surface area contributed by atoms with E-state index in [9.17, 15) is 13.2 Å². The highest BCUT2D eigenvalue weighted by Crippen LogP contribution is 2.22. The van der Waals surface area contributed by atoms with Crippen LogP contribution in [-0.2, 0) is 20.6 Å². The Morgan fingerprint density at radius 2 is 1.85 bits per heavy atom. The summed E-state index contributed by atoms with van der Waals surface area (Å²) in [6.07, 6.45) is 0. The van der Waals surface area contributed by atoms with Gasteiger partial charge in [0.25, 0.3) is 0 Å². The van der Waals surface area contributed by atoms with Crippen molar-refractivity contribution >= 4 is 33.4 Å². The quantitative estimate of drug-likeness (QED) is 0.783. The molecule has 1 amide bonds. The molecule has 2 aromatic rings. The first kappa shape index (κ1) is 20.5. The molecule has 0 saturated heterocycles. The minimum absolute atomic E-state index is 0.150. The Bertz CT molecular complexity index is 880. The number of carbonyl (C=O) groups excluding carboxylic acids is 1. The topological polar surface area (TPSA) is 66.5 Å². The van der Waals surface area contributed by atoms with Gasteiger partial charge in [0.1, 0.15) is 0 Å². The van der Waals surface area contributed by atoms with E-state index in [0.717, 1.165) is 10.1 Å². The smallest absolute Gasteiger partial charge is 0.242 e. The number of amides is 1. The maximum Gasteiger partial charge on any atom is 0.242 e. The zero-order valence-electron chi connectivity index (χ0n) is 15.4. The van der Waals surface area contributed by atoms with Crippen molar-refractivity contribution < 1.29 is 13.2 Å². The number of nitrogens with one attached hydrogen (secondary N) is 1. The van der Waals surface area contributed by atoms with Gasteiger partial charge < -0.3 is 5.32 Å². The summed E-state index contributed by atoms with van der Waals surface area (Å²) in [6, 6.07) is 14.4. The molecule has 0 fully saturated rings. The number of anilines is 1. The van der Waals surface area contributed by atoms with E-state index >= 15 is 0 Å². The third-order valence-electron chi connectivity index (χ3n) is 4.00. The van der Waals surface area contributed by atoms with E-state index in [1.165, 1.54) is 37.4 Å². The predicted octanol–water partition coefficient (Wildman–Crippen LogP) is 3.51. The molecule has 1 N–H and O–H groups in total. The molecule has 0 aliphatic carbocycles. The lowest BCUT2D eigenvalue weighted by atomic mass is 10.1. The van der Waals surface area contributed by atoms with Gasteiger partial charge in [-0.05, 0) is 43.2 Å². The van der Waals surface area contributed by atoms with Gasteiger partial charge in [-0.25, -0.2) is 12.7 Å². The van der Waals surface area contributed by atoms with Crippen molar-refractivity contribution in [2.24, 2.45) is 0 Å². The second-order valence-electron chi connectivity index (χ2n) is 6.18. The van der Waals surface area contributed by atoms with Crippen molar-refractivity contribution in [1.82, 2.24) is 4.31 Å². The molecule has 5 nitrogen and oxygen atoms in total. The van der Waals surface area contributed by atoms with Crippen LogP contribution in [0.2, 0.25) is 0 Å². The molecular formula is C19H24N2O3S2. The van der Waals surface area contributed by atoms with Crippen LogP contribution in [0.5, 0.6) is 0 Å². The summed E-state index contributed by atoms with van der Waals surface area (Å²) in [5, 5.41) is 2.54. The Balaban J connectivity index is 2.02. The Labute approximate surface area is 159 Å². The van der Waals surface area contributed by atoms with Crippen LogP contribution in [-0.4, -0.2) is 38.0 Å². The van der Waals surface area contributed by atoms with Crippen molar-refractivity contribution in [3.8, 4) is 0 Å². The van der Waals surface area contributed by atoms with Crippen LogP contribution in [0.4, 0.5) is 5.69 Å². The van der Waals surface area contributed by atoms with Crippen LogP contribution in [0.15, 0.2) is 53.4 Å². The normalized spacial score (nSPS) is 12.8. The first-order chi connectivity index (χ1) is 12.2. The number of sulfonamides is 1. The van der Waals surface area contributed by atoms with Crippen LogP contribution in [0.3, 0.4) is 0 Å². The Morgan fingerprint density at radius 1 is 1.15 bits per heavy atom. The molecule has 26 heavy (non-hydrogen) atoms. The van der Waals surface area contributed by atoms with Crippen molar-refractivity contribution in [3.63, 3.8) is 0 Å². The molecule has 2 rings (SSSR count). The summed E-state index contributed by atoms with van der Waals surface area (Å²) >= 11 is 1.55. The lowest BCUT2D eigenvalue weighted by Gasteiger charge is -2.15. The Hall–Kier alpha value is -1.83. The van der Waals surface area contributed by atoms with Crippen LogP contribution in [0.25, 0.3) is 0 Å². The van der Waals surface area contributed by atoms with Crippen LogP contribution in [0.1, 0.15) is 18.1 Å². The first-order valence-electron chi connectivity index (χ1n) is 8.21. The fourth-order valence-corrected chi connectivity index (χ4v) is 4.16. The van der Waals surface area contributed by atoms with Crippen LogP contribution >= 0.6 is 11.8 Å². The maximum atomic E-state index is 12.4. The highest BCUT2D eigenvalue weighted by Gasteiger charge is 2.19. The molecule has 0 spiro atoms. The SMILES string of the molecule is Cc1ccccc1CS[C@H](C)C(=O)Nc1cccc(S(=O)(=O)N(C)C)c1. The molecule has 0 bridgehead atoms. The lowest BCUT2D eigenvalue weighted by Crippen LogP contribution is -2.24. The molecule has 7 heteroatoms. The fourth-order valence-electron chi connectivity index (χ4n) is 2.25. The average molecular weight is 393 g/mol. The number of aryl methyl sites for hydroxylation is 1. The van der Waals surface area contributed by atoms with E-state index in [2.05, 4.69) is 24.4 Å². The highest BCUT2D eigenvalue weighted by atomic mass is 32.2. The third-order valence-corrected chi connectivity index (χ3v) is 7.00. The van der Waals surface area contributed by atoms with Gasteiger partial charge in [-0.2, -0.15) is 0 Å². The van der Waals surface area contributed by atoms with E-state index in [1.807, 2.05) is 19.1 Å². The monoisotopic (exact) mass is 392 g/mol. The zero-order valence-corrected chi connectivity index (χ0v) is 17.0. The third kappa shape index (κ3) is 5.09. The molecule has 0 aliphatic heterocycles. The van der Waals surface area contributed by atoms with Crippen LogP contribution in [0, 0.1) is 6.92 Å². The van der Waals surface area contributed by atoms with E-state index in [4.69, 9.17) is 0 Å². The van der Waals surface area contributed by atoms with Crippen molar-refractivity contribution in [2.45, 2.75) is 29.7 Å². The van der Waals surface area contributed by atoms with Crippen molar-refractivity contribution in [1.29, 1.82) is 0 Å². The summed E-state index contributed by atoms with van der Waals surface area (Å²) < 4.78 is 25.6. The van der Waals surface area contributed by atoms with E-state index in [1.54, 1.807) is 23.9 Å². The standard InChI is InChI=1S/C19H24N2O3S2/c1-14-8-5-6-9-16(14)13-25-15(2)19(22)20-17-10-7-11-18(12-17)26(23,24)21(3)4/h5-12,15H,13H2,1-4H3,(H,20,22)/t15-/m1/s1. The molecule has 0 radical (unpaired) electrons. The molecule has 0 heterocycles. The number of benzene rings is 2. The molecule has 1 atom stereocenters. The summed E-state index contributed by atoms with van der Waals surface area (Å²) in [7, 11) is -0.576. The number of rotatable bonds is 7. The number of hydrogen-bond acceptors (Lipinski definition) is 4. The predicted molar refractivity (Wildman–Crippen MR) is 108 cm³/mol. The van der Waals surface area contributed by atoms with Gasteiger partial charge in [0, 0.05) is 25.5 Å². The number of hydrogen-bond donors (Lipinski definition) is 1. The van der Waals surface area contributed by atoms with Gasteiger partial charge in [0.15, 0.2) is 0 Å². The maximum absolute atomic E-state index is 12.4. The summed E-state index contributed by atoms with van der Waals surface area (Å²) in [4.78, 5) is 12.6. The van der Waals surface area contributed by atoms with Crippen LogP contribution < -0.4 is 5.32 Å². The molecule has 0 saturated carbocycles. The summed E-state index contributed by atoms with van der Waals surface area (Å²) in [6.45, 7) is 3.90.